The van der Waals surface area contributed by atoms with Gasteiger partial charge in [0.25, 0.3) is 5.91 Å². The number of carbonyl (C=O) groups excluding carboxylic acids is 2. The van der Waals surface area contributed by atoms with Crippen molar-refractivity contribution in [2.24, 2.45) is 0 Å². The summed E-state index contributed by atoms with van der Waals surface area (Å²) in [5.74, 6) is -1.21. The highest BCUT2D eigenvalue weighted by Crippen LogP contribution is 2.18. The first-order valence-electron chi connectivity index (χ1n) is 8.03. The van der Waals surface area contributed by atoms with Crippen molar-refractivity contribution >= 4 is 27.6 Å². The van der Waals surface area contributed by atoms with Crippen LogP contribution in [0, 0.1) is 0 Å². The Morgan fingerprint density at radius 2 is 1.58 bits per heavy atom. The van der Waals surface area contributed by atoms with Crippen molar-refractivity contribution in [3.05, 3.63) is 65.7 Å². The van der Waals surface area contributed by atoms with Crippen LogP contribution in [0.15, 0.2) is 54.6 Å². The molecule has 1 atom stereocenters. The van der Waals surface area contributed by atoms with E-state index in [4.69, 9.17) is 0 Å². The van der Waals surface area contributed by atoms with Gasteiger partial charge in [0.05, 0.1) is 0 Å². The molecule has 1 heterocycles. The summed E-state index contributed by atoms with van der Waals surface area (Å²) in [6, 6.07) is 16.3. The van der Waals surface area contributed by atoms with Crippen LogP contribution in [0.4, 0.5) is 10.5 Å². The van der Waals surface area contributed by atoms with Crippen molar-refractivity contribution in [1.82, 2.24) is 10.6 Å². The molecule has 1 aliphatic heterocycles. The Bertz CT molecular complexity index is 927. The first-order valence-corrected chi connectivity index (χ1v) is 9.68. The summed E-state index contributed by atoms with van der Waals surface area (Å²) >= 11 is 0. The Morgan fingerprint density at radius 3 is 2.15 bits per heavy atom. The zero-order valence-corrected chi connectivity index (χ0v) is 15.0. The van der Waals surface area contributed by atoms with Gasteiger partial charge in [-0.25, -0.2) is 13.2 Å². The molecule has 8 heteroatoms. The van der Waals surface area contributed by atoms with E-state index in [1.165, 1.54) is 6.92 Å². The molecule has 1 aliphatic rings. The van der Waals surface area contributed by atoms with Gasteiger partial charge in [-0.2, -0.15) is 0 Å². The predicted molar refractivity (Wildman–Crippen MR) is 98.2 cm³/mol. The van der Waals surface area contributed by atoms with Gasteiger partial charge in [0.1, 0.15) is 11.3 Å². The molecule has 3 N–H and O–H groups in total. The number of nitrogens with one attached hydrogen (secondary N) is 3. The highest BCUT2D eigenvalue weighted by molar-refractivity contribution is 7.92. The number of amides is 3. The van der Waals surface area contributed by atoms with E-state index in [0.29, 0.717) is 5.69 Å². The molecular weight excluding hydrogens is 354 g/mol. The summed E-state index contributed by atoms with van der Waals surface area (Å²) in [4.78, 5) is 23.0. The molecule has 0 spiro atoms. The average Bonchev–Trinajstić information content (AvgIpc) is 2.81. The van der Waals surface area contributed by atoms with Crippen LogP contribution in [0.25, 0.3) is 0 Å². The number of imide groups is 1. The van der Waals surface area contributed by atoms with E-state index < -0.39 is 33.3 Å². The lowest BCUT2D eigenvalue weighted by Crippen LogP contribution is -2.50. The van der Waals surface area contributed by atoms with Gasteiger partial charge in [-0.3, -0.25) is 14.8 Å². The topological polar surface area (TPSA) is 104 Å². The molecule has 0 unspecified atom stereocenters. The van der Waals surface area contributed by atoms with E-state index in [-0.39, 0.29) is 0 Å². The van der Waals surface area contributed by atoms with Gasteiger partial charge in [0.2, 0.25) is 10.0 Å². The summed E-state index contributed by atoms with van der Waals surface area (Å²) in [7, 11) is -3.83. The summed E-state index contributed by atoms with van der Waals surface area (Å²) in [5, 5.41) is 4.38. The molecule has 1 fully saturated rings. The number of rotatable bonds is 6. The summed E-state index contributed by atoms with van der Waals surface area (Å²) < 4.78 is 27.1. The van der Waals surface area contributed by atoms with Crippen LogP contribution in [-0.2, 0) is 21.2 Å². The SMILES string of the molecule is C[C@@]1(CS(=O)(=O)Nc2ccc(Cc3ccccc3)cc2)NC(=O)NC1=O. The molecule has 0 radical (unpaired) electrons. The summed E-state index contributed by atoms with van der Waals surface area (Å²) in [6.45, 7) is 1.37. The highest BCUT2D eigenvalue weighted by atomic mass is 32.2. The fraction of sp³-hybridized carbons (Fsp3) is 0.222. The van der Waals surface area contributed by atoms with Crippen molar-refractivity contribution in [3.8, 4) is 0 Å². The Balaban J connectivity index is 1.66. The summed E-state index contributed by atoms with van der Waals surface area (Å²) in [5.41, 5.74) is 1.12. The largest absolute Gasteiger partial charge is 0.322 e. The van der Waals surface area contributed by atoms with Gasteiger partial charge < -0.3 is 5.32 Å². The zero-order chi connectivity index (χ0) is 18.8. The van der Waals surface area contributed by atoms with Crippen molar-refractivity contribution in [1.29, 1.82) is 0 Å². The van der Waals surface area contributed by atoms with E-state index in [2.05, 4.69) is 10.0 Å². The lowest BCUT2D eigenvalue weighted by Gasteiger charge is -2.20. The molecule has 3 rings (SSSR count). The average molecular weight is 373 g/mol. The van der Waals surface area contributed by atoms with E-state index in [0.717, 1.165) is 17.5 Å². The summed E-state index contributed by atoms with van der Waals surface area (Å²) in [6.07, 6.45) is 0.748. The van der Waals surface area contributed by atoms with Crippen molar-refractivity contribution in [2.75, 3.05) is 10.5 Å². The maximum absolute atomic E-state index is 12.3. The third-order valence-corrected chi connectivity index (χ3v) is 5.58. The number of hydrogen-bond acceptors (Lipinski definition) is 4. The van der Waals surface area contributed by atoms with Crippen LogP contribution in [0.3, 0.4) is 0 Å². The van der Waals surface area contributed by atoms with Crippen molar-refractivity contribution in [3.63, 3.8) is 0 Å². The van der Waals surface area contributed by atoms with Crippen LogP contribution < -0.4 is 15.4 Å². The van der Waals surface area contributed by atoms with Gasteiger partial charge in [-0.1, -0.05) is 42.5 Å². The molecule has 7 nitrogen and oxygen atoms in total. The molecule has 0 aromatic heterocycles. The second kappa shape index (κ2) is 6.80. The fourth-order valence-corrected chi connectivity index (χ4v) is 4.33. The molecule has 0 aliphatic carbocycles. The van der Waals surface area contributed by atoms with Crippen molar-refractivity contribution in [2.45, 2.75) is 18.9 Å². The van der Waals surface area contributed by atoms with Gasteiger partial charge in [-0.05, 0) is 36.6 Å². The number of carbonyl (C=O) groups is 2. The highest BCUT2D eigenvalue weighted by Gasteiger charge is 2.45. The first-order chi connectivity index (χ1) is 12.3. The van der Waals surface area contributed by atoms with Crippen LogP contribution >= 0.6 is 0 Å². The quantitative estimate of drug-likeness (QED) is 0.669. The minimum atomic E-state index is -3.83. The molecule has 136 valence electrons. The Morgan fingerprint density at radius 1 is 0.962 bits per heavy atom. The Labute approximate surface area is 151 Å². The molecule has 26 heavy (non-hydrogen) atoms. The molecule has 3 amide bonds. The number of hydrogen-bond donors (Lipinski definition) is 3. The molecule has 0 saturated carbocycles. The first kappa shape index (κ1) is 17.9. The van der Waals surface area contributed by atoms with E-state index in [9.17, 15) is 18.0 Å². The Kier molecular flexibility index (Phi) is 4.69. The number of sulfonamides is 1. The smallest absolute Gasteiger partial charge is 0.322 e. The number of benzene rings is 2. The number of urea groups is 1. The van der Waals surface area contributed by atoms with Crippen LogP contribution in [0.1, 0.15) is 18.1 Å². The molecule has 0 bridgehead atoms. The van der Waals surface area contributed by atoms with E-state index in [1.54, 1.807) is 12.1 Å². The van der Waals surface area contributed by atoms with Crippen molar-refractivity contribution < 1.29 is 18.0 Å². The molecule has 2 aromatic carbocycles. The maximum Gasteiger partial charge on any atom is 0.322 e. The third kappa shape index (κ3) is 4.20. The fourth-order valence-electron chi connectivity index (χ4n) is 2.80. The standard InChI is InChI=1S/C18H19N3O4S/c1-18(16(22)19-17(23)20-18)12-26(24,25)21-15-9-7-14(8-10-15)11-13-5-3-2-4-6-13/h2-10,21H,11-12H2,1H3,(H2,19,20,22,23)/t18-/m0/s1. The van der Waals surface area contributed by atoms with Crippen LogP contribution in [0.5, 0.6) is 0 Å². The van der Waals surface area contributed by atoms with E-state index in [1.807, 2.05) is 47.8 Å². The monoisotopic (exact) mass is 373 g/mol. The molecule has 1 saturated heterocycles. The Hall–Kier alpha value is -2.87. The van der Waals surface area contributed by atoms with E-state index >= 15 is 0 Å². The normalized spacial score (nSPS) is 19.7. The lowest BCUT2D eigenvalue weighted by molar-refractivity contribution is -0.122. The molecule has 2 aromatic rings. The maximum atomic E-state index is 12.3. The van der Waals surface area contributed by atoms with Gasteiger partial charge in [0, 0.05) is 5.69 Å². The lowest BCUT2D eigenvalue weighted by atomic mass is 10.1. The molecular formula is C18H19N3O4S. The van der Waals surface area contributed by atoms with Gasteiger partial charge >= 0.3 is 6.03 Å². The van der Waals surface area contributed by atoms with Crippen LogP contribution in [-0.4, -0.2) is 31.6 Å². The van der Waals surface area contributed by atoms with Gasteiger partial charge in [0.15, 0.2) is 0 Å². The minimum Gasteiger partial charge on any atom is -0.322 e. The number of anilines is 1. The second-order valence-corrected chi connectivity index (χ2v) is 8.18. The van der Waals surface area contributed by atoms with Crippen LogP contribution in [0.2, 0.25) is 0 Å². The minimum absolute atomic E-state index is 0.398. The van der Waals surface area contributed by atoms with Gasteiger partial charge in [-0.15, -0.1) is 0 Å². The second-order valence-electron chi connectivity index (χ2n) is 6.46. The predicted octanol–water partition coefficient (Wildman–Crippen LogP) is 1.62. The zero-order valence-electron chi connectivity index (χ0n) is 14.2. The third-order valence-electron chi connectivity index (χ3n) is 4.07.